The summed E-state index contributed by atoms with van der Waals surface area (Å²) < 4.78 is 17.6. The molecule has 0 radical (unpaired) electrons. The van der Waals surface area contributed by atoms with Crippen LogP contribution in [-0.4, -0.2) is 24.0 Å². The quantitative estimate of drug-likeness (QED) is 0.668. The van der Waals surface area contributed by atoms with Gasteiger partial charge in [-0.05, 0) is 54.6 Å². The SMILES string of the molecule is COC(=O)c1cccc(Nc2ccc(NC(=O)c3ccc(F)cc3)cn2)c1. The molecule has 1 amide bonds. The number of ether oxygens (including phenoxy) is 1. The van der Waals surface area contributed by atoms with E-state index in [1.807, 2.05) is 0 Å². The second-order valence-electron chi connectivity index (χ2n) is 5.59. The summed E-state index contributed by atoms with van der Waals surface area (Å²) in [5.41, 5.74) is 1.94. The second-order valence-corrected chi connectivity index (χ2v) is 5.59. The van der Waals surface area contributed by atoms with Gasteiger partial charge in [-0.2, -0.15) is 0 Å². The van der Waals surface area contributed by atoms with Gasteiger partial charge in [0.2, 0.25) is 0 Å². The first-order valence-corrected chi connectivity index (χ1v) is 8.03. The number of anilines is 3. The molecule has 0 bridgehead atoms. The Morgan fingerprint density at radius 1 is 0.963 bits per heavy atom. The maximum Gasteiger partial charge on any atom is 0.337 e. The van der Waals surface area contributed by atoms with Gasteiger partial charge in [0.1, 0.15) is 11.6 Å². The largest absolute Gasteiger partial charge is 0.465 e. The summed E-state index contributed by atoms with van der Waals surface area (Å²) in [6.45, 7) is 0. The van der Waals surface area contributed by atoms with Gasteiger partial charge in [-0.25, -0.2) is 14.2 Å². The van der Waals surface area contributed by atoms with E-state index in [9.17, 15) is 14.0 Å². The fourth-order valence-corrected chi connectivity index (χ4v) is 2.34. The number of carbonyl (C=O) groups excluding carboxylic acids is 2. The number of nitrogens with one attached hydrogen (secondary N) is 2. The zero-order valence-electron chi connectivity index (χ0n) is 14.4. The Hall–Kier alpha value is -3.74. The normalized spacial score (nSPS) is 10.1. The number of hydrogen-bond acceptors (Lipinski definition) is 5. The van der Waals surface area contributed by atoms with E-state index < -0.39 is 11.8 Å². The summed E-state index contributed by atoms with van der Waals surface area (Å²) in [7, 11) is 1.32. The van der Waals surface area contributed by atoms with E-state index in [0.29, 0.717) is 28.3 Å². The van der Waals surface area contributed by atoms with Crippen molar-refractivity contribution in [2.24, 2.45) is 0 Å². The number of carbonyl (C=O) groups is 2. The van der Waals surface area contributed by atoms with Gasteiger partial charge in [0.15, 0.2) is 0 Å². The lowest BCUT2D eigenvalue weighted by atomic mass is 10.2. The number of rotatable bonds is 5. The predicted octanol–water partition coefficient (Wildman–Crippen LogP) is 4.00. The molecule has 1 heterocycles. The molecule has 27 heavy (non-hydrogen) atoms. The molecule has 0 aliphatic heterocycles. The molecule has 0 saturated carbocycles. The standard InChI is InChI=1S/C20H16FN3O3/c1-27-20(26)14-3-2-4-16(11-14)23-18-10-9-17(12-22-18)24-19(25)13-5-7-15(21)8-6-13/h2-12H,1H3,(H,22,23)(H,24,25). The molecule has 136 valence electrons. The van der Waals surface area contributed by atoms with Gasteiger partial charge >= 0.3 is 5.97 Å². The van der Waals surface area contributed by atoms with E-state index in [0.717, 1.165) is 0 Å². The number of halogens is 1. The van der Waals surface area contributed by atoms with Crippen LogP contribution in [0, 0.1) is 5.82 Å². The van der Waals surface area contributed by atoms with E-state index in [4.69, 9.17) is 4.74 Å². The summed E-state index contributed by atoms with van der Waals surface area (Å²) in [5.74, 6) is -0.648. The van der Waals surface area contributed by atoms with Gasteiger partial charge in [-0.3, -0.25) is 4.79 Å². The third-order valence-corrected chi connectivity index (χ3v) is 3.68. The molecule has 0 saturated heterocycles. The van der Waals surface area contributed by atoms with Gasteiger partial charge in [-0.15, -0.1) is 0 Å². The molecule has 3 rings (SSSR count). The van der Waals surface area contributed by atoms with Crippen molar-refractivity contribution >= 4 is 29.1 Å². The van der Waals surface area contributed by atoms with Crippen molar-refractivity contribution < 1.29 is 18.7 Å². The Balaban J connectivity index is 1.66. The molecule has 2 aromatic carbocycles. The molecule has 1 aromatic heterocycles. The van der Waals surface area contributed by atoms with Crippen LogP contribution in [0.2, 0.25) is 0 Å². The average Bonchev–Trinajstić information content (AvgIpc) is 2.69. The summed E-state index contributed by atoms with van der Waals surface area (Å²) in [6.07, 6.45) is 1.49. The average molecular weight is 365 g/mol. The third kappa shape index (κ3) is 4.66. The predicted molar refractivity (Wildman–Crippen MR) is 99.7 cm³/mol. The van der Waals surface area contributed by atoms with Gasteiger partial charge in [0, 0.05) is 11.3 Å². The lowest BCUT2D eigenvalue weighted by molar-refractivity contribution is 0.0600. The third-order valence-electron chi connectivity index (χ3n) is 3.68. The maximum atomic E-state index is 12.9. The van der Waals surface area contributed by atoms with Crippen molar-refractivity contribution in [1.82, 2.24) is 4.98 Å². The Morgan fingerprint density at radius 2 is 1.74 bits per heavy atom. The molecule has 0 aliphatic carbocycles. The number of esters is 1. The van der Waals surface area contributed by atoms with E-state index >= 15 is 0 Å². The van der Waals surface area contributed by atoms with E-state index in [2.05, 4.69) is 15.6 Å². The van der Waals surface area contributed by atoms with Gasteiger partial charge in [0.05, 0.1) is 24.6 Å². The first kappa shape index (κ1) is 18.1. The molecular weight excluding hydrogens is 349 g/mol. The Bertz CT molecular complexity index is 957. The van der Waals surface area contributed by atoms with Crippen molar-refractivity contribution in [2.45, 2.75) is 0 Å². The Morgan fingerprint density at radius 3 is 2.41 bits per heavy atom. The van der Waals surface area contributed by atoms with E-state index in [1.165, 1.54) is 37.6 Å². The minimum Gasteiger partial charge on any atom is -0.465 e. The van der Waals surface area contributed by atoms with Crippen LogP contribution in [0.1, 0.15) is 20.7 Å². The van der Waals surface area contributed by atoms with Crippen LogP contribution in [0.5, 0.6) is 0 Å². The van der Waals surface area contributed by atoms with Crippen LogP contribution in [-0.2, 0) is 4.74 Å². The highest BCUT2D eigenvalue weighted by Gasteiger charge is 2.08. The molecule has 0 fully saturated rings. The van der Waals surface area contributed by atoms with Crippen LogP contribution in [0.3, 0.4) is 0 Å². The fraction of sp³-hybridized carbons (Fsp3) is 0.0500. The fourth-order valence-electron chi connectivity index (χ4n) is 2.34. The zero-order valence-corrected chi connectivity index (χ0v) is 14.4. The summed E-state index contributed by atoms with van der Waals surface area (Å²) in [4.78, 5) is 27.9. The summed E-state index contributed by atoms with van der Waals surface area (Å²) >= 11 is 0. The van der Waals surface area contributed by atoms with Crippen LogP contribution in [0.15, 0.2) is 66.9 Å². The highest BCUT2D eigenvalue weighted by Crippen LogP contribution is 2.18. The molecule has 0 spiro atoms. The molecule has 3 aromatic rings. The van der Waals surface area contributed by atoms with Crippen LogP contribution in [0.4, 0.5) is 21.6 Å². The van der Waals surface area contributed by atoms with Crippen molar-refractivity contribution in [3.05, 3.63) is 83.8 Å². The van der Waals surface area contributed by atoms with Crippen molar-refractivity contribution in [1.29, 1.82) is 0 Å². The smallest absolute Gasteiger partial charge is 0.337 e. The first-order chi connectivity index (χ1) is 13.0. The molecule has 0 atom stereocenters. The molecule has 0 aliphatic rings. The topological polar surface area (TPSA) is 80.3 Å². The van der Waals surface area contributed by atoms with Crippen molar-refractivity contribution in [3.8, 4) is 0 Å². The Kier molecular flexibility index (Phi) is 5.41. The number of aromatic nitrogens is 1. The number of methoxy groups -OCH3 is 1. The maximum absolute atomic E-state index is 12.9. The summed E-state index contributed by atoms with van der Waals surface area (Å²) in [6, 6.07) is 15.4. The minimum atomic E-state index is -0.425. The van der Waals surface area contributed by atoms with Crippen molar-refractivity contribution in [3.63, 3.8) is 0 Å². The molecule has 6 nitrogen and oxygen atoms in total. The molecule has 7 heteroatoms. The zero-order chi connectivity index (χ0) is 19.2. The highest BCUT2D eigenvalue weighted by atomic mass is 19.1. The highest BCUT2D eigenvalue weighted by molar-refractivity contribution is 6.04. The number of hydrogen-bond donors (Lipinski definition) is 2. The lowest BCUT2D eigenvalue weighted by Gasteiger charge is -2.09. The molecule has 2 N–H and O–H groups in total. The van der Waals surface area contributed by atoms with Gasteiger partial charge < -0.3 is 15.4 Å². The monoisotopic (exact) mass is 365 g/mol. The Labute approximate surface area is 155 Å². The van der Waals surface area contributed by atoms with E-state index in [1.54, 1.807) is 36.4 Å². The van der Waals surface area contributed by atoms with Gasteiger partial charge in [0.25, 0.3) is 5.91 Å². The lowest BCUT2D eigenvalue weighted by Crippen LogP contribution is -2.12. The van der Waals surface area contributed by atoms with Crippen molar-refractivity contribution in [2.75, 3.05) is 17.7 Å². The van der Waals surface area contributed by atoms with Gasteiger partial charge in [-0.1, -0.05) is 6.07 Å². The summed E-state index contributed by atoms with van der Waals surface area (Å²) in [5, 5.41) is 5.76. The number of pyridine rings is 1. The first-order valence-electron chi connectivity index (χ1n) is 8.03. The molecule has 0 unspecified atom stereocenters. The van der Waals surface area contributed by atoms with Crippen LogP contribution < -0.4 is 10.6 Å². The number of amides is 1. The molecular formula is C20H16FN3O3. The number of nitrogens with zero attached hydrogens (tertiary/aromatic N) is 1. The van der Waals surface area contributed by atoms with E-state index in [-0.39, 0.29) is 5.91 Å². The van der Waals surface area contributed by atoms with Crippen LogP contribution in [0.25, 0.3) is 0 Å². The van der Waals surface area contributed by atoms with Crippen LogP contribution >= 0.6 is 0 Å². The second kappa shape index (κ2) is 8.09. The number of benzene rings is 2. The minimum absolute atomic E-state index is 0.346.